The van der Waals surface area contributed by atoms with E-state index in [0.717, 1.165) is 19.3 Å². The minimum absolute atomic E-state index is 0.120. The number of ketones is 1. The third-order valence-electron chi connectivity index (χ3n) is 5.11. The molecule has 0 bridgehead atoms. The molecule has 21 heavy (non-hydrogen) atoms. The molecule has 2 aliphatic rings. The van der Waals surface area contributed by atoms with Crippen LogP contribution in [-0.2, 0) is 11.2 Å². The first-order valence-electron chi connectivity index (χ1n) is 8.03. The van der Waals surface area contributed by atoms with Crippen LogP contribution in [0.5, 0.6) is 0 Å². The molecule has 1 atom stereocenters. The number of alkyl halides is 2. The SMILES string of the molecule is O=C(CC1CCCc2ccccc21)C1CCC(F)(F)CC1. The summed E-state index contributed by atoms with van der Waals surface area (Å²) < 4.78 is 26.4. The van der Waals surface area contributed by atoms with Crippen molar-refractivity contribution in [2.24, 2.45) is 5.92 Å². The average molecular weight is 292 g/mol. The van der Waals surface area contributed by atoms with Gasteiger partial charge in [0.05, 0.1) is 0 Å². The van der Waals surface area contributed by atoms with Gasteiger partial charge in [0.1, 0.15) is 5.78 Å². The lowest BCUT2D eigenvalue weighted by Crippen LogP contribution is -2.29. The number of fused-ring (bicyclic) bond motifs is 1. The van der Waals surface area contributed by atoms with Gasteiger partial charge in [-0.25, -0.2) is 8.78 Å². The van der Waals surface area contributed by atoms with Crippen molar-refractivity contribution in [3.05, 3.63) is 35.4 Å². The van der Waals surface area contributed by atoms with Crippen LogP contribution in [0, 0.1) is 5.92 Å². The van der Waals surface area contributed by atoms with E-state index in [2.05, 4.69) is 12.1 Å². The van der Waals surface area contributed by atoms with Gasteiger partial charge in [-0.05, 0) is 49.1 Å². The van der Waals surface area contributed by atoms with Crippen molar-refractivity contribution < 1.29 is 13.6 Å². The van der Waals surface area contributed by atoms with Crippen molar-refractivity contribution in [3.8, 4) is 0 Å². The van der Waals surface area contributed by atoms with Crippen molar-refractivity contribution in [2.75, 3.05) is 0 Å². The summed E-state index contributed by atoms with van der Waals surface area (Å²) in [6.45, 7) is 0. The number of rotatable bonds is 3. The predicted molar refractivity (Wildman–Crippen MR) is 78.7 cm³/mol. The maximum Gasteiger partial charge on any atom is 0.248 e. The second-order valence-electron chi connectivity index (χ2n) is 6.59. The number of carbonyl (C=O) groups is 1. The van der Waals surface area contributed by atoms with Crippen LogP contribution >= 0.6 is 0 Å². The molecule has 2 aliphatic carbocycles. The lowest BCUT2D eigenvalue weighted by atomic mass is 9.76. The van der Waals surface area contributed by atoms with Gasteiger partial charge in [0, 0.05) is 25.2 Å². The highest BCUT2D eigenvalue weighted by Gasteiger charge is 2.37. The monoisotopic (exact) mass is 292 g/mol. The van der Waals surface area contributed by atoms with Gasteiger partial charge >= 0.3 is 0 Å². The fraction of sp³-hybridized carbons (Fsp3) is 0.611. The number of Topliss-reactive ketones (excluding diaryl/α,β-unsaturated/α-hetero) is 1. The molecule has 1 saturated carbocycles. The Labute approximate surface area is 124 Å². The highest BCUT2D eigenvalue weighted by Crippen LogP contribution is 2.39. The molecule has 1 aromatic rings. The van der Waals surface area contributed by atoms with Crippen molar-refractivity contribution in [2.45, 2.75) is 63.2 Å². The second-order valence-corrected chi connectivity index (χ2v) is 6.59. The summed E-state index contributed by atoms with van der Waals surface area (Å²) in [5, 5.41) is 0. The summed E-state index contributed by atoms with van der Waals surface area (Å²) >= 11 is 0. The molecule has 0 radical (unpaired) electrons. The summed E-state index contributed by atoms with van der Waals surface area (Å²) in [5.41, 5.74) is 2.66. The van der Waals surface area contributed by atoms with Crippen LogP contribution in [0.25, 0.3) is 0 Å². The molecule has 0 spiro atoms. The lowest BCUT2D eigenvalue weighted by Gasteiger charge is -2.30. The van der Waals surface area contributed by atoms with Gasteiger partial charge in [-0.15, -0.1) is 0 Å². The highest BCUT2D eigenvalue weighted by molar-refractivity contribution is 5.82. The van der Waals surface area contributed by atoms with Gasteiger partial charge in [0.25, 0.3) is 0 Å². The molecule has 1 nitrogen and oxygen atoms in total. The van der Waals surface area contributed by atoms with E-state index in [1.54, 1.807) is 0 Å². The molecule has 0 N–H and O–H groups in total. The molecule has 0 heterocycles. The smallest absolute Gasteiger partial charge is 0.248 e. The Morgan fingerprint density at radius 2 is 1.86 bits per heavy atom. The Balaban J connectivity index is 1.64. The Kier molecular flexibility index (Phi) is 4.10. The molecule has 0 aliphatic heterocycles. The molecular formula is C18H22F2O. The van der Waals surface area contributed by atoms with Crippen molar-refractivity contribution >= 4 is 5.78 Å². The predicted octanol–water partition coefficient (Wildman–Crippen LogP) is 4.89. The Bertz CT molecular complexity index is 514. The molecule has 1 aromatic carbocycles. The van der Waals surface area contributed by atoms with Crippen LogP contribution in [0.4, 0.5) is 8.78 Å². The molecule has 1 unspecified atom stereocenters. The van der Waals surface area contributed by atoms with Gasteiger partial charge in [-0.3, -0.25) is 4.79 Å². The molecule has 0 aromatic heterocycles. The quantitative estimate of drug-likeness (QED) is 0.775. The van der Waals surface area contributed by atoms with E-state index >= 15 is 0 Å². The third kappa shape index (κ3) is 3.33. The zero-order chi connectivity index (χ0) is 14.9. The Morgan fingerprint density at radius 1 is 1.14 bits per heavy atom. The lowest BCUT2D eigenvalue weighted by molar-refractivity contribution is -0.127. The van der Waals surface area contributed by atoms with E-state index in [1.165, 1.54) is 11.1 Å². The van der Waals surface area contributed by atoms with Gasteiger partial charge in [0.2, 0.25) is 5.92 Å². The van der Waals surface area contributed by atoms with E-state index in [4.69, 9.17) is 0 Å². The molecule has 114 valence electrons. The zero-order valence-corrected chi connectivity index (χ0v) is 12.3. The van der Waals surface area contributed by atoms with Gasteiger partial charge in [0.15, 0.2) is 0 Å². The Hall–Kier alpha value is -1.25. The van der Waals surface area contributed by atoms with Crippen LogP contribution < -0.4 is 0 Å². The maximum atomic E-state index is 13.2. The van der Waals surface area contributed by atoms with Gasteiger partial charge < -0.3 is 0 Å². The van der Waals surface area contributed by atoms with Gasteiger partial charge in [-0.2, -0.15) is 0 Å². The summed E-state index contributed by atoms with van der Waals surface area (Å²) in [6, 6.07) is 8.35. The minimum atomic E-state index is -2.55. The van der Waals surface area contributed by atoms with Crippen LogP contribution in [0.3, 0.4) is 0 Å². The van der Waals surface area contributed by atoms with Gasteiger partial charge in [-0.1, -0.05) is 24.3 Å². The average Bonchev–Trinajstić information content (AvgIpc) is 2.47. The fourth-order valence-corrected chi connectivity index (χ4v) is 3.84. The number of halogens is 2. The fourth-order valence-electron chi connectivity index (χ4n) is 3.84. The van der Waals surface area contributed by atoms with Crippen LogP contribution in [-0.4, -0.2) is 11.7 Å². The standard InChI is InChI=1S/C18H22F2O/c19-18(20)10-8-14(9-11-18)17(21)12-15-6-3-5-13-4-1-2-7-16(13)15/h1-2,4,7,14-15H,3,5-6,8-12H2. The van der Waals surface area contributed by atoms with E-state index in [0.29, 0.717) is 25.2 Å². The molecule has 0 saturated heterocycles. The van der Waals surface area contributed by atoms with E-state index < -0.39 is 5.92 Å². The molecule has 3 heteroatoms. The summed E-state index contributed by atoms with van der Waals surface area (Å²) in [7, 11) is 0. The highest BCUT2D eigenvalue weighted by atomic mass is 19.3. The molecule has 3 rings (SSSR count). The minimum Gasteiger partial charge on any atom is -0.299 e. The second kappa shape index (κ2) is 5.86. The number of aryl methyl sites for hydroxylation is 1. The number of benzene rings is 1. The van der Waals surface area contributed by atoms with Crippen LogP contribution in [0.2, 0.25) is 0 Å². The third-order valence-corrected chi connectivity index (χ3v) is 5.11. The van der Waals surface area contributed by atoms with Crippen molar-refractivity contribution in [3.63, 3.8) is 0 Å². The summed E-state index contributed by atoms with van der Waals surface area (Å²) in [5.74, 6) is -2.19. The normalized spacial score (nSPS) is 25.3. The zero-order valence-electron chi connectivity index (χ0n) is 12.3. The Morgan fingerprint density at radius 3 is 2.62 bits per heavy atom. The molecule has 0 amide bonds. The summed E-state index contributed by atoms with van der Waals surface area (Å²) in [4.78, 5) is 12.4. The van der Waals surface area contributed by atoms with Crippen molar-refractivity contribution in [1.29, 1.82) is 0 Å². The first kappa shape index (κ1) is 14.7. The van der Waals surface area contributed by atoms with E-state index in [-0.39, 0.29) is 24.5 Å². The van der Waals surface area contributed by atoms with Crippen LogP contribution in [0.1, 0.15) is 62.0 Å². The first-order valence-corrected chi connectivity index (χ1v) is 8.03. The largest absolute Gasteiger partial charge is 0.299 e. The number of hydrogen-bond acceptors (Lipinski definition) is 1. The molecule has 1 fully saturated rings. The van der Waals surface area contributed by atoms with Crippen LogP contribution in [0.15, 0.2) is 24.3 Å². The van der Waals surface area contributed by atoms with E-state index in [9.17, 15) is 13.6 Å². The summed E-state index contributed by atoms with van der Waals surface area (Å²) in [6.07, 6.45) is 4.28. The first-order chi connectivity index (χ1) is 10.1. The van der Waals surface area contributed by atoms with Crippen molar-refractivity contribution in [1.82, 2.24) is 0 Å². The maximum absolute atomic E-state index is 13.2. The van der Waals surface area contributed by atoms with E-state index in [1.807, 2.05) is 12.1 Å². The number of carbonyl (C=O) groups excluding carboxylic acids is 1. The number of hydrogen-bond donors (Lipinski definition) is 0. The topological polar surface area (TPSA) is 17.1 Å². The molecular weight excluding hydrogens is 270 g/mol.